The van der Waals surface area contributed by atoms with Crippen LogP contribution in [0.3, 0.4) is 0 Å². The number of carbonyl (C=O) groups excluding carboxylic acids is 2. The van der Waals surface area contributed by atoms with Gasteiger partial charge in [0, 0.05) is 5.57 Å². The van der Waals surface area contributed by atoms with Gasteiger partial charge in [-0.3, -0.25) is 14.5 Å². The molecule has 1 aliphatic heterocycles. The molecule has 0 bridgehead atoms. The molecule has 6 nitrogen and oxygen atoms in total. The molecule has 2 amide bonds. The van der Waals surface area contributed by atoms with Gasteiger partial charge >= 0.3 is 0 Å². The second-order valence-electron chi connectivity index (χ2n) is 8.91. The average molecular weight is 473 g/mol. The summed E-state index contributed by atoms with van der Waals surface area (Å²) in [6, 6.07) is 16.3. The third-order valence-corrected chi connectivity index (χ3v) is 5.97. The van der Waals surface area contributed by atoms with Crippen molar-refractivity contribution in [2.24, 2.45) is 5.92 Å². The van der Waals surface area contributed by atoms with Crippen LogP contribution in [0.2, 0.25) is 0 Å². The van der Waals surface area contributed by atoms with Crippen LogP contribution >= 0.6 is 0 Å². The summed E-state index contributed by atoms with van der Waals surface area (Å²) in [4.78, 5) is 27.8. The molecule has 1 heterocycles. The molecule has 0 spiro atoms. The molecular formula is C29H32N2O4. The Kier molecular flexibility index (Phi) is 8.48. The van der Waals surface area contributed by atoms with Gasteiger partial charge in [-0.25, -0.2) is 0 Å². The SMILES string of the molecule is CCOc1cc(/C=C2/C(=O)N(C(C)c3ccccc3)C(=O)C(C#N)=C2C)ccc1OCCC(C)C. The molecule has 182 valence electrons. The molecule has 0 fully saturated rings. The van der Waals surface area contributed by atoms with Gasteiger partial charge in [0.15, 0.2) is 11.5 Å². The van der Waals surface area contributed by atoms with Crippen LogP contribution in [0, 0.1) is 17.2 Å². The van der Waals surface area contributed by atoms with E-state index in [2.05, 4.69) is 13.8 Å². The van der Waals surface area contributed by atoms with Crippen molar-refractivity contribution >= 4 is 17.9 Å². The molecular weight excluding hydrogens is 440 g/mol. The van der Waals surface area contributed by atoms with Crippen molar-refractivity contribution in [2.75, 3.05) is 13.2 Å². The maximum Gasteiger partial charge on any atom is 0.272 e. The number of hydrogen-bond acceptors (Lipinski definition) is 5. The number of rotatable bonds is 9. The molecule has 0 aromatic heterocycles. The molecule has 6 heteroatoms. The number of benzene rings is 2. The molecule has 2 aromatic carbocycles. The first-order chi connectivity index (χ1) is 16.8. The predicted molar refractivity (Wildman–Crippen MR) is 136 cm³/mol. The smallest absolute Gasteiger partial charge is 0.272 e. The normalized spacial score (nSPS) is 16.0. The molecule has 3 rings (SSSR count). The number of nitriles is 1. The lowest BCUT2D eigenvalue weighted by Crippen LogP contribution is -2.44. The van der Waals surface area contributed by atoms with Gasteiger partial charge in [0.25, 0.3) is 11.8 Å². The standard InChI is InChI=1S/C29H32N2O4/c1-6-34-27-17-22(12-13-26(27)35-15-14-19(2)3)16-24-20(4)25(18-30)29(33)31(28(24)32)21(5)23-10-8-7-9-11-23/h7-13,16-17,19,21H,6,14-15H2,1-5H3/b24-16+. The lowest BCUT2D eigenvalue weighted by Gasteiger charge is -2.32. The van der Waals surface area contributed by atoms with Gasteiger partial charge < -0.3 is 9.47 Å². The monoisotopic (exact) mass is 472 g/mol. The number of nitrogens with zero attached hydrogens (tertiary/aromatic N) is 2. The molecule has 0 saturated heterocycles. The summed E-state index contributed by atoms with van der Waals surface area (Å²) in [6.45, 7) is 10.6. The maximum absolute atomic E-state index is 13.5. The summed E-state index contributed by atoms with van der Waals surface area (Å²) in [5.41, 5.74) is 2.17. The van der Waals surface area contributed by atoms with E-state index in [1.54, 1.807) is 19.9 Å². The van der Waals surface area contributed by atoms with Crippen molar-refractivity contribution in [1.82, 2.24) is 4.90 Å². The summed E-state index contributed by atoms with van der Waals surface area (Å²) in [5.74, 6) is 0.746. The Morgan fingerprint density at radius 3 is 2.34 bits per heavy atom. The van der Waals surface area contributed by atoms with E-state index in [0.29, 0.717) is 47.3 Å². The summed E-state index contributed by atoms with van der Waals surface area (Å²) in [7, 11) is 0. The first kappa shape index (κ1) is 25.8. The molecule has 1 unspecified atom stereocenters. The highest BCUT2D eigenvalue weighted by Crippen LogP contribution is 2.34. The summed E-state index contributed by atoms with van der Waals surface area (Å²) in [6.07, 6.45) is 2.63. The first-order valence-corrected chi connectivity index (χ1v) is 11.9. The van der Waals surface area contributed by atoms with Crippen molar-refractivity contribution in [3.05, 3.63) is 76.4 Å². The Bertz CT molecular complexity index is 1190. The minimum absolute atomic E-state index is 0.0303. The Balaban J connectivity index is 2.01. The van der Waals surface area contributed by atoms with E-state index in [4.69, 9.17) is 9.47 Å². The fourth-order valence-corrected chi connectivity index (χ4v) is 3.91. The van der Waals surface area contributed by atoms with Gasteiger partial charge in [-0.15, -0.1) is 0 Å². The zero-order valence-electron chi connectivity index (χ0n) is 21.0. The molecule has 2 aromatic rings. The Morgan fingerprint density at radius 2 is 1.71 bits per heavy atom. The van der Waals surface area contributed by atoms with E-state index in [1.807, 2.05) is 61.5 Å². The number of carbonyl (C=O) groups is 2. The summed E-state index contributed by atoms with van der Waals surface area (Å²) >= 11 is 0. The van der Waals surface area contributed by atoms with Gasteiger partial charge in [0.2, 0.25) is 0 Å². The Morgan fingerprint density at radius 1 is 1.00 bits per heavy atom. The largest absolute Gasteiger partial charge is 0.490 e. The number of imide groups is 1. The number of ether oxygens (including phenoxy) is 2. The molecule has 0 N–H and O–H groups in total. The third kappa shape index (κ3) is 5.81. The molecule has 1 atom stereocenters. The second kappa shape index (κ2) is 11.5. The van der Waals surface area contributed by atoms with Crippen LogP contribution in [0.4, 0.5) is 0 Å². The van der Waals surface area contributed by atoms with Crippen LogP contribution in [-0.4, -0.2) is 29.9 Å². The average Bonchev–Trinajstić information content (AvgIpc) is 2.84. The van der Waals surface area contributed by atoms with E-state index in [0.717, 1.165) is 12.0 Å². The highest BCUT2D eigenvalue weighted by Gasteiger charge is 2.38. The second-order valence-corrected chi connectivity index (χ2v) is 8.91. The Hall–Kier alpha value is -3.85. The van der Waals surface area contributed by atoms with Crippen LogP contribution in [0.15, 0.2) is 65.3 Å². The maximum atomic E-state index is 13.5. The van der Waals surface area contributed by atoms with Crippen LogP contribution in [-0.2, 0) is 9.59 Å². The first-order valence-electron chi connectivity index (χ1n) is 11.9. The molecule has 0 saturated carbocycles. The molecule has 35 heavy (non-hydrogen) atoms. The van der Waals surface area contributed by atoms with Crippen molar-refractivity contribution in [3.8, 4) is 17.6 Å². The predicted octanol–water partition coefficient (Wildman–Crippen LogP) is 5.86. The highest BCUT2D eigenvalue weighted by molar-refractivity contribution is 6.20. The van der Waals surface area contributed by atoms with Crippen molar-refractivity contribution in [3.63, 3.8) is 0 Å². The van der Waals surface area contributed by atoms with Crippen LogP contribution in [0.1, 0.15) is 58.2 Å². The lowest BCUT2D eigenvalue weighted by atomic mass is 9.91. The zero-order chi connectivity index (χ0) is 25.5. The van der Waals surface area contributed by atoms with Crippen molar-refractivity contribution in [2.45, 2.75) is 47.1 Å². The van der Waals surface area contributed by atoms with Crippen molar-refractivity contribution < 1.29 is 19.1 Å². The fraction of sp³-hybridized carbons (Fsp3) is 0.345. The van der Waals surface area contributed by atoms with E-state index < -0.39 is 17.9 Å². The van der Waals surface area contributed by atoms with Gasteiger partial charge in [0.1, 0.15) is 11.6 Å². The quantitative estimate of drug-likeness (QED) is 0.337. The summed E-state index contributed by atoms with van der Waals surface area (Å²) in [5, 5.41) is 9.71. The number of hydrogen-bond donors (Lipinski definition) is 0. The van der Waals surface area contributed by atoms with Crippen molar-refractivity contribution in [1.29, 1.82) is 5.26 Å². The topological polar surface area (TPSA) is 79.6 Å². The van der Waals surface area contributed by atoms with E-state index in [-0.39, 0.29) is 5.57 Å². The third-order valence-electron chi connectivity index (χ3n) is 5.97. The van der Waals surface area contributed by atoms with Crippen LogP contribution in [0.5, 0.6) is 11.5 Å². The molecule has 0 aliphatic carbocycles. The molecule has 1 aliphatic rings. The van der Waals surface area contributed by atoms with Crippen LogP contribution in [0.25, 0.3) is 6.08 Å². The van der Waals surface area contributed by atoms with Crippen LogP contribution < -0.4 is 9.47 Å². The minimum Gasteiger partial charge on any atom is -0.490 e. The van der Waals surface area contributed by atoms with Gasteiger partial charge in [-0.05, 0) is 68.0 Å². The molecule has 0 radical (unpaired) electrons. The minimum atomic E-state index is -0.576. The Labute approximate surface area is 207 Å². The lowest BCUT2D eigenvalue weighted by molar-refractivity contribution is -0.143. The zero-order valence-corrected chi connectivity index (χ0v) is 21.0. The van der Waals surface area contributed by atoms with E-state index in [1.165, 1.54) is 4.90 Å². The highest BCUT2D eigenvalue weighted by atomic mass is 16.5. The van der Waals surface area contributed by atoms with E-state index in [9.17, 15) is 14.9 Å². The van der Waals surface area contributed by atoms with Gasteiger partial charge in [-0.1, -0.05) is 50.2 Å². The van der Waals surface area contributed by atoms with Gasteiger partial charge in [0.05, 0.1) is 19.3 Å². The van der Waals surface area contributed by atoms with Gasteiger partial charge in [-0.2, -0.15) is 5.26 Å². The fourth-order valence-electron chi connectivity index (χ4n) is 3.91. The number of amides is 2. The van der Waals surface area contributed by atoms with E-state index >= 15 is 0 Å². The summed E-state index contributed by atoms with van der Waals surface area (Å²) < 4.78 is 11.7.